The van der Waals surface area contributed by atoms with Gasteiger partial charge in [-0.05, 0) is 30.3 Å². The van der Waals surface area contributed by atoms with E-state index in [4.69, 9.17) is 0 Å². The highest BCUT2D eigenvalue weighted by Crippen LogP contribution is 2.33. The van der Waals surface area contributed by atoms with Gasteiger partial charge < -0.3 is 5.11 Å². The lowest BCUT2D eigenvalue weighted by atomic mass is 10.1. The highest BCUT2D eigenvalue weighted by atomic mass is 19.1. The average molecular weight is 299 g/mol. The van der Waals surface area contributed by atoms with Gasteiger partial charge in [-0.15, -0.1) is 0 Å². The van der Waals surface area contributed by atoms with Crippen LogP contribution >= 0.6 is 0 Å². The molecule has 6 nitrogen and oxygen atoms in total. The molecule has 0 aliphatic carbocycles. The van der Waals surface area contributed by atoms with Crippen molar-refractivity contribution in [3.05, 3.63) is 64.5 Å². The van der Waals surface area contributed by atoms with Crippen LogP contribution in [0.5, 0.6) is 5.75 Å². The molecular formula is C15H10FN3O3. The fraction of sp³-hybridized carbons (Fsp3) is 0. The number of para-hydroxylation sites is 1. The number of nitro benzene ring substituents is 1. The standard InChI is InChI=1S/C15H10FN3O3/c16-9-5-6-15(20)11(7-9)13-8-12(17-18-13)10-3-1-2-4-14(10)19(21)22/h1-8,20H,(H,17,18). The van der Waals surface area contributed by atoms with Gasteiger partial charge in [0.05, 0.1) is 21.9 Å². The number of aromatic amines is 1. The van der Waals surface area contributed by atoms with Gasteiger partial charge in [0.25, 0.3) is 5.69 Å². The number of aromatic nitrogens is 2. The fourth-order valence-electron chi connectivity index (χ4n) is 2.17. The van der Waals surface area contributed by atoms with E-state index in [-0.39, 0.29) is 17.0 Å². The van der Waals surface area contributed by atoms with Crippen LogP contribution in [-0.2, 0) is 0 Å². The maximum atomic E-state index is 13.3. The summed E-state index contributed by atoms with van der Waals surface area (Å²) in [5.74, 6) is -0.634. The van der Waals surface area contributed by atoms with E-state index in [1.807, 2.05) is 0 Å². The number of hydrogen-bond donors (Lipinski definition) is 2. The molecule has 0 amide bonds. The largest absolute Gasteiger partial charge is 0.507 e. The number of rotatable bonds is 3. The normalized spacial score (nSPS) is 10.6. The zero-order valence-corrected chi connectivity index (χ0v) is 11.2. The quantitative estimate of drug-likeness (QED) is 0.572. The first-order chi connectivity index (χ1) is 10.6. The van der Waals surface area contributed by atoms with Gasteiger partial charge in [0, 0.05) is 11.6 Å². The minimum absolute atomic E-state index is 0.0684. The minimum Gasteiger partial charge on any atom is -0.507 e. The number of benzene rings is 2. The summed E-state index contributed by atoms with van der Waals surface area (Å²) in [6, 6.07) is 11.2. The summed E-state index contributed by atoms with van der Waals surface area (Å²) in [5.41, 5.74) is 1.21. The van der Waals surface area contributed by atoms with Gasteiger partial charge in [0.1, 0.15) is 11.6 Å². The molecule has 0 saturated heterocycles. The summed E-state index contributed by atoms with van der Waals surface area (Å²) in [4.78, 5) is 10.6. The van der Waals surface area contributed by atoms with Crippen molar-refractivity contribution in [2.45, 2.75) is 0 Å². The molecule has 2 N–H and O–H groups in total. The van der Waals surface area contributed by atoms with Gasteiger partial charge in [0.2, 0.25) is 0 Å². The smallest absolute Gasteiger partial charge is 0.278 e. The summed E-state index contributed by atoms with van der Waals surface area (Å²) in [6.07, 6.45) is 0. The Morgan fingerprint density at radius 3 is 2.68 bits per heavy atom. The molecule has 22 heavy (non-hydrogen) atoms. The summed E-state index contributed by atoms with van der Waals surface area (Å²) < 4.78 is 13.3. The maximum absolute atomic E-state index is 13.3. The number of nitrogens with one attached hydrogen (secondary N) is 1. The van der Waals surface area contributed by atoms with Crippen molar-refractivity contribution in [3.8, 4) is 28.3 Å². The Balaban J connectivity index is 2.09. The van der Waals surface area contributed by atoms with Gasteiger partial charge in [-0.2, -0.15) is 5.10 Å². The van der Waals surface area contributed by atoms with Crippen molar-refractivity contribution in [3.63, 3.8) is 0 Å². The zero-order chi connectivity index (χ0) is 15.7. The second-order valence-electron chi connectivity index (χ2n) is 4.60. The van der Waals surface area contributed by atoms with Crippen LogP contribution in [0.1, 0.15) is 0 Å². The number of hydrogen-bond acceptors (Lipinski definition) is 4. The van der Waals surface area contributed by atoms with Crippen LogP contribution in [0.15, 0.2) is 48.5 Å². The third-order valence-electron chi connectivity index (χ3n) is 3.20. The maximum Gasteiger partial charge on any atom is 0.278 e. The molecule has 0 unspecified atom stereocenters. The molecule has 0 aliphatic rings. The molecule has 0 saturated carbocycles. The number of halogens is 1. The van der Waals surface area contributed by atoms with Crippen molar-refractivity contribution in [1.29, 1.82) is 0 Å². The van der Waals surface area contributed by atoms with Crippen molar-refractivity contribution in [1.82, 2.24) is 10.2 Å². The third kappa shape index (κ3) is 2.39. The van der Waals surface area contributed by atoms with Gasteiger partial charge in [-0.25, -0.2) is 4.39 Å². The summed E-state index contributed by atoms with van der Waals surface area (Å²) in [5, 5.41) is 27.5. The Bertz CT molecular complexity index is 861. The molecule has 7 heteroatoms. The van der Waals surface area contributed by atoms with Crippen LogP contribution in [0, 0.1) is 15.9 Å². The molecule has 0 aliphatic heterocycles. The van der Waals surface area contributed by atoms with E-state index < -0.39 is 10.7 Å². The fourth-order valence-corrected chi connectivity index (χ4v) is 2.17. The van der Waals surface area contributed by atoms with E-state index >= 15 is 0 Å². The molecule has 0 atom stereocenters. The van der Waals surface area contributed by atoms with Crippen LogP contribution in [0.3, 0.4) is 0 Å². The average Bonchev–Trinajstić information content (AvgIpc) is 2.99. The molecule has 110 valence electrons. The number of nitro groups is 1. The molecule has 1 heterocycles. The van der Waals surface area contributed by atoms with Gasteiger partial charge in [0.15, 0.2) is 0 Å². The number of phenols is 1. The lowest BCUT2D eigenvalue weighted by Crippen LogP contribution is -1.91. The summed E-state index contributed by atoms with van der Waals surface area (Å²) in [7, 11) is 0. The molecule has 3 aromatic rings. The van der Waals surface area contributed by atoms with Crippen molar-refractivity contribution in [2.24, 2.45) is 0 Å². The van der Waals surface area contributed by atoms with Crippen molar-refractivity contribution >= 4 is 5.69 Å². The number of nitrogens with zero attached hydrogens (tertiary/aromatic N) is 2. The van der Waals surface area contributed by atoms with Crippen molar-refractivity contribution in [2.75, 3.05) is 0 Å². The van der Waals surface area contributed by atoms with Crippen LogP contribution < -0.4 is 0 Å². The SMILES string of the molecule is O=[N+]([O-])c1ccccc1-c1cc(-c2cc(F)ccc2O)n[nH]1. The van der Waals surface area contributed by atoms with E-state index in [0.717, 1.165) is 12.1 Å². The first kappa shape index (κ1) is 13.7. The Morgan fingerprint density at radius 2 is 1.91 bits per heavy atom. The molecule has 3 rings (SSSR count). The number of phenolic OH excluding ortho intramolecular Hbond substituents is 1. The minimum atomic E-state index is -0.511. The Hall–Kier alpha value is -3.22. The third-order valence-corrected chi connectivity index (χ3v) is 3.20. The predicted octanol–water partition coefficient (Wildman–Crippen LogP) is 3.50. The van der Waals surface area contributed by atoms with Gasteiger partial charge >= 0.3 is 0 Å². The molecule has 0 spiro atoms. The first-order valence-electron chi connectivity index (χ1n) is 6.34. The van der Waals surface area contributed by atoms with Crippen LogP contribution in [0.25, 0.3) is 22.5 Å². The summed E-state index contributed by atoms with van der Waals surface area (Å²) >= 11 is 0. The Morgan fingerprint density at radius 1 is 1.14 bits per heavy atom. The van der Waals surface area contributed by atoms with Crippen LogP contribution in [0.4, 0.5) is 10.1 Å². The zero-order valence-electron chi connectivity index (χ0n) is 11.2. The molecule has 1 aromatic heterocycles. The molecule has 0 fully saturated rings. The topological polar surface area (TPSA) is 92.1 Å². The predicted molar refractivity (Wildman–Crippen MR) is 77.7 cm³/mol. The van der Waals surface area contributed by atoms with Crippen LogP contribution in [-0.4, -0.2) is 20.2 Å². The first-order valence-corrected chi connectivity index (χ1v) is 6.34. The lowest BCUT2D eigenvalue weighted by Gasteiger charge is -2.00. The highest BCUT2D eigenvalue weighted by Gasteiger charge is 2.17. The Labute approximate surface area is 124 Å². The van der Waals surface area contributed by atoms with E-state index in [2.05, 4.69) is 10.2 Å². The van der Waals surface area contributed by atoms with Gasteiger partial charge in [-0.1, -0.05) is 12.1 Å². The van der Waals surface area contributed by atoms with E-state index in [9.17, 15) is 19.6 Å². The Kier molecular flexibility index (Phi) is 3.30. The molecule has 0 bridgehead atoms. The van der Waals surface area contributed by atoms with Crippen LogP contribution in [0.2, 0.25) is 0 Å². The van der Waals surface area contributed by atoms with E-state index in [1.165, 1.54) is 18.2 Å². The molecule has 0 radical (unpaired) electrons. The molecular weight excluding hydrogens is 289 g/mol. The number of H-pyrrole nitrogens is 1. The second kappa shape index (κ2) is 5.28. The number of aromatic hydroxyl groups is 1. The van der Waals surface area contributed by atoms with E-state index in [0.29, 0.717) is 17.0 Å². The summed E-state index contributed by atoms with van der Waals surface area (Å²) in [6.45, 7) is 0. The molecule has 2 aromatic carbocycles. The monoisotopic (exact) mass is 299 g/mol. The van der Waals surface area contributed by atoms with Crippen molar-refractivity contribution < 1.29 is 14.4 Å². The van der Waals surface area contributed by atoms with Gasteiger partial charge in [-0.3, -0.25) is 15.2 Å². The van der Waals surface area contributed by atoms with E-state index in [1.54, 1.807) is 18.2 Å². The highest BCUT2D eigenvalue weighted by molar-refractivity contribution is 5.76. The lowest BCUT2D eigenvalue weighted by molar-refractivity contribution is -0.384. The second-order valence-corrected chi connectivity index (χ2v) is 4.60.